The maximum Gasteiger partial charge on any atom is 0.354 e. The molecule has 304 valence electrons. The number of pyridine rings is 5. The summed E-state index contributed by atoms with van der Waals surface area (Å²) >= 11 is 0. The lowest BCUT2D eigenvalue weighted by Crippen LogP contribution is -2.02. The number of carboxylic acids is 1. The zero-order valence-corrected chi connectivity index (χ0v) is 33.0. The van der Waals surface area contributed by atoms with Gasteiger partial charge in [0, 0.05) is 49.8 Å². The Morgan fingerprint density at radius 3 is 1.31 bits per heavy atom. The highest BCUT2D eigenvalue weighted by atomic mass is 32.2. The maximum atomic E-state index is 10.6. The van der Waals surface area contributed by atoms with Gasteiger partial charge in [-0.3, -0.25) is 8.98 Å². The Labute approximate surface area is 341 Å². The van der Waals surface area contributed by atoms with E-state index < -0.39 is 16.1 Å². The van der Waals surface area contributed by atoms with E-state index in [4.69, 9.17) is 40.7 Å². The number of aliphatic hydroxyl groups excluding tert-OH is 1. The minimum atomic E-state index is -3.43. The number of nitrogens with zero attached hydrogens (tertiary/aromatic N) is 9. The lowest BCUT2D eigenvalue weighted by molar-refractivity contribution is 0.0690. The molecule has 0 saturated carbocycles. The monoisotopic (exact) mass is 821 g/mol. The summed E-state index contributed by atoms with van der Waals surface area (Å²) in [6, 6.07) is 23.7. The van der Waals surface area contributed by atoms with E-state index in [2.05, 4.69) is 29.1 Å². The van der Waals surface area contributed by atoms with Crippen LogP contribution in [0.5, 0.6) is 0 Å². The van der Waals surface area contributed by atoms with Crippen molar-refractivity contribution in [2.75, 3.05) is 19.5 Å². The number of hydrogen-bond acceptors (Lipinski definition) is 17. The van der Waals surface area contributed by atoms with Crippen LogP contribution in [0.3, 0.4) is 0 Å². The number of aromatic nitrogens is 5. The highest BCUT2D eigenvalue weighted by Crippen LogP contribution is 2.04. The molecule has 5 aromatic heterocycles. The van der Waals surface area contributed by atoms with E-state index in [9.17, 15) is 18.0 Å². The zero-order chi connectivity index (χ0) is 43.9. The fourth-order valence-electron chi connectivity index (χ4n) is 3.53. The molecule has 18 nitrogen and oxygen atoms in total. The van der Waals surface area contributed by atoms with Gasteiger partial charge in [-0.15, -0.1) is 0 Å². The summed E-state index contributed by atoms with van der Waals surface area (Å²) in [4.78, 5) is 39.4. The molecule has 0 aromatic carbocycles. The third kappa shape index (κ3) is 22.7. The highest BCUT2D eigenvalue weighted by Gasteiger charge is 2.04. The van der Waals surface area contributed by atoms with E-state index in [1.54, 1.807) is 42.6 Å². The molecule has 0 fully saturated rings. The van der Waals surface area contributed by atoms with E-state index in [1.807, 2.05) is 44.2 Å². The Hall–Kier alpha value is -7.36. The van der Waals surface area contributed by atoms with Crippen LogP contribution in [-0.2, 0) is 50.2 Å². The smallest absolute Gasteiger partial charge is 0.354 e. The Morgan fingerprint density at radius 1 is 0.627 bits per heavy atom. The van der Waals surface area contributed by atoms with Crippen LogP contribution in [0.4, 0.5) is 0 Å². The summed E-state index contributed by atoms with van der Waals surface area (Å²) in [5.74, 6) is -1.01. The van der Waals surface area contributed by atoms with Gasteiger partial charge in [0.2, 0.25) is 0 Å². The third-order valence-corrected chi connectivity index (χ3v) is 7.01. The first-order chi connectivity index (χ1) is 28.3. The number of rotatable bonds is 12. The first-order valence-electron chi connectivity index (χ1n) is 17.0. The summed E-state index contributed by atoms with van der Waals surface area (Å²) in [6.45, 7) is 6.13. The highest BCUT2D eigenvalue weighted by molar-refractivity contribution is 7.85. The van der Waals surface area contributed by atoms with Crippen molar-refractivity contribution in [2.45, 2.75) is 40.3 Å². The van der Waals surface area contributed by atoms with Crippen LogP contribution in [0.25, 0.3) is 0 Å². The normalized spacial score (nSPS) is 9.56. The predicted octanol–water partition coefficient (Wildman–Crippen LogP) is 4.45. The number of aliphatic hydroxyl groups is 1. The van der Waals surface area contributed by atoms with Crippen molar-refractivity contribution in [1.82, 2.24) is 24.9 Å². The van der Waals surface area contributed by atoms with Crippen LogP contribution in [0.2, 0.25) is 0 Å². The molecule has 0 aliphatic carbocycles. The second-order valence-corrected chi connectivity index (χ2v) is 12.6. The predicted molar refractivity (Wildman–Crippen MR) is 209 cm³/mol. The van der Waals surface area contributed by atoms with Gasteiger partial charge in [0.05, 0.1) is 32.7 Å². The van der Waals surface area contributed by atoms with Gasteiger partial charge in [0.15, 0.2) is 6.29 Å². The van der Waals surface area contributed by atoms with Crippen LogP contribution in [0, 0.1) is 45.3 Å². The Bertz CT molecular complexity index is 2280. The number of hydrogen-bond donors (Lipinski definition) is 2. The van der Waals surface area contributed by atoms with Crippen molar-refractivity contribution in [3.63, 3.8) is 0 Å². The van der Waals surface area contributed by atoms with E-state index in [0.717, 1.165) is 22.9 Å². The van der Waals surface area contributed by atoms with Crippen molar-refractivity contribution in [3.8, 4) is 24.3 Å². The molecule has 5 aromatic rings. The molecule has 59 heavy (non-hydrogen) atoms. The van der Waals surface area contributed by atoms with Crippen molar-refractivity contribution in [1.29, 1.82) is 21.0 Å². The average molecular weight is 822 g/mol. The number of aldehydes is 1. The van der Waals surface area contributed by atoms with Crippen LogP contribution in [0.15, 0.2) is 91.6 Å². The topological polar surface area (TPSA) is 296 Å². The summed E-state index contributed by atoms with van der Waals surface area (Å²) in [6.07, 6.45) is 9.10. The molecule has 0 saturated heterocycles. The minimum Gasteiger partial charge on any atom is -0.477 e. The Kier molecular flexibility index (Phi) is 24.4. The Balaban J connectivity index is 0.000000371. The third-order valence-electron chi connectivity index (χ3n) is 6.47. The van der Waals surface area contributed by atoms with Crippen LogP contribution in [0.1, 0.15) is 79.7 Å². The molecule has 19 heteroatoms. The van der Waals surface area contributed by atoms with Gasteiger partial charge in [-0.05, 0) is 72.5 Å². The van der Waals surface area contributed by atoms with Crippen LogP contribution in [-0.4, -0.2) is 75.3 Å². The lowest BCUT2D eigenvalue weighted by Gasteiger charge is -2.00. The standard InChI is InChI=1S/C9H10N2O.C9H11NO3.C8H8N2O3S.C7H6N2O.C7H4N2O/c1-2-12-7-8-3-4-9(5-10)11-6-8;1-2-13-6-7-3-4-8(9(11)12)10-5-7;1-14(11,12)13-6-7-2-3-8(4-9)10-5-7;2*8-3-7-2-1-6(5-10)4-9-7/h3-4,6H,2,7H2,1H3;3-5H,2,6H2,1H3,(H,11,12);2-3,5H,6H2,1H3;1-2,4,10H,5H2;1-2,4-5H. The van der Waals surface area contributed by atoms with Crippen molar-refractivity contribution < 1.29 is 41.9 Å². The molecule has 0 unspecified atom stereocenters. The molecule has 0 radical (unpaired) electrons. The van der Waals surface area contributed by atoms with Crippen molar-refractivity contribution >= 4 is 22.4 Å². The SMILES string of the molecule is CCOCc1ccc(C#N)nc1.CCOCc1ccc(C(=O)O)nc1.CS(=O)(=O)OCc1ccc(C#N)nc1.N#Cc1ccc(C=O)cn1.N#Cc1ccc(CO)cn1. The van der Waals surface area contributed by atoms with Gasteiger partial charge < -0.3 is 19.7 Å². The summed E-state index contributed by atoms with van der Waals surface area (Å²) in [5.41, 5.74) is 5.17. The Morgan fingerprint density at radius 2 is 1.02 bits per heavy atom. The van der Waals surface area contributed by atoms with Crippen LogP contribution < -0.4 is 0 Å². The van der Waals surface area contributed by atoms with Crippen molar-refractivity contribution in [2.24, 2.45) is 0 Å². The number of carboxylic acid groups (broad SMARTS) is 1. The molecule has 5 rings (SSSR count). The first kappa shape index (κ1) is 49.7. The molecule has 0 atom stereocenters. The maximum absolute atomic E-state index is 10.6. The molecule has 5 heterocycles. The fourth-order valence-corrected chi connectivity index (χ4v) is 3.88. The second kappa shape index (κ2) is 29.0. The average Bonchev–Trinajstić information content (AvgIpc) is 3.28. The number of carbonyl (C=O) groups excluding carboxylic acids is 1. The van der Waals surface area contributed by atoms with Gasteiger partial charge in [0.25, 0.3) is 10.1 Å². The number of carbonyl (C=O) groups is 2. The molecule has 0 amide bonds. The molecule has 0 bridgehead atoms. The molecule has 2 N–H and O–H groups in total. The van der Waals surface area contributed by atoms with E-state index in [1.165, 1.54) is 43.0 Å². The molecule has 0 aliphatic heterocycles. The fraction of sp³-hybridized carbons (Fsp3) is 0.225. The summed E-state index contributed by atoms with van der Waals surface area (Å²) < 4.78 is 36.1. The second-order valence-electron chi connectivity index (χ2n) is 11.0. The zero-order valence-electron chi connectivity index (χ0n) is 32.2. The van der Waals surface area contributed by atoms with E-state index in [0.29, 0.717) is 60.9 Å². The first-order valence-corrected chi connectivity index (χ1v) is 18.8. The van der Waals surface area contributed by atoms with Gasteiger partial charge in [-0.25, -0.2) is 29.7 Å². The van der Waals surface area contributed by atoms with Crippen LogP contribution >= 0.6 is 0 Å². The summed E-state index contributed by atoms with van der Waals surface area (Å²) in [7, 11) is -3.43. The van der Waals surface area contributed by atoms with Gasteiger partial charge in [-0.2, -0.15) is 29.5 Å². The van der Waals surface area contributed by atoms with E-state index in [-0.39, 0.29) is 24.6 Å². The lowest BCUT2D eigenvalue weighted by atomic mass is 10.2. The largest absolute Gasteiger partial charge is 0.477 e. The van der Waals surface area contributed by atoms with Gasteiger partial charge in [0.1, 0.15) is 52.7 Å². The molecular weight excluding hydrogens is 783 g/mol. The molecular formula is C40H39N9O9S. The summed E-state index contributed by atoms with van der Waals surface area (Å²) in [5, 5.41) is 50.7. The minimum absolute atomic E-state index is 0.0291. The molecule has 0 spiro atoms. The number of nitriles is 4. The van der Waals surface area contributed by atoms with Gasteiger partial charge >= 0.3 is 5.97 Å². The van der Waals surface area contributed by atoms with Crippen molar-refractivity contribution in [3.05, 3.63) is 148 Å². The van der Waals surface area contributed by atoms with E-state index >= 15 is 0 Å². The number of ether oxygens (including phenoxy) is 2. The molecule has 0 aliphatic rings. The quantitative estimate of drug-likeness (QED) is 0.130. The van der Waals surface area contributed by atoms with Gasteiger partial charge in [-0.1, -0.05) is 24.3 Å². The number of aromatic carboxylic acids is 1.